The maximum absolute atomic E-state index is 5.76. The Balaban J connectivity index is 2.51. The van der Waals surface area contributed by atoms with Gasteiger partial charge in [0.05, 0.1) is 26.3 Å². The first kappa shape index (κ1) is 17.2. The van der Waals surface area contributed by atoms with Crippen LogP contribution < -0.4 is 5.73 Å². The highest BCUT2D eigenvalue weighted by Crippen LogP contribution is 2.15. The molecule has 20 heavy (non-hydrogen) atoms. The standard InChI is InChI=1S/C15H28N2O3/c1-4-18-8-6-17(7-9-19-5-2)12-14-10-13(3)15(11-16)20-14/h10H,4-9,11-12,16H2,1-3H3. The first-order chi connectivity index (χ1) is 9.71. The van der Waals surface area contributed by atoms with Crippen LogP contribution in [0, 0.1) is 6.92 Å². The molecule has 0 fully saturated rings. The van der Waals surface area contributed by atoms with Crippen LogP contribution in [0.15, 0.2) is 10.5 Å². The maximum Gasteiger partial charge on any atom is 0.120 e. The Labute approximate surface area is 122 Å². The molecular formula is C15H28N2O3. The van der Waals surface area contributed by atoms with E-state index in [1.165, 1.54) is 0 Å². The second kappa shape index (κ2) is 9.94. The van der Waals surface area contributed by atoms with Crippen molar-refractivity contribution in [2.24, 2.45) is 5.73 Å². The molecule has 0 unspecified atom stereocenters. The van der Waals surface area contributed by atoms with Gasteiger partial charge in [0.2, 0.25) is 0 Å². The maximum atomic E-state index is 5.76. The van der Waals surface area contributed by atoms with Gasteiger partial charge in [-0.05, 0) is 32.4 Å². The van der Waals surface area contributed by atoms with Crippen molar-refractivity contribution in [3.8, 4) is 0 Å². The topological polar surface area (TPSA) is 60.9 Å². The molecule has 0 saturated carbocycles. The Morgan fingerprint density at radius 2 is 1.75 bits per heavy atom. The van der Waals surface area contributed by atoms with E-state index in [1.807, 2.05) is 20.8 Å². The molecule has 0 spiro atoms. The lowest BCUT2D eigenvalue weighted by Crippen LogP contribution is -2.30. The Hall–Kier alpha value is -0.880. The Kier molecular flexibility index (Phi) is 8.53. The minimum atomic E-state index is 0.448. The second-order valence-electron chi connectivity index (χ2n) is 4.69. The molecule has 0 radical (unpaired) electrons. The zero-order valence-electron chi connectivity index (χ0n) is 13.0. The van der Waals surface area contributed by atoms with Gasteiger partial charge in [0.15, 0.2) is 0 Å². The van der Waals surface area contributed by atoms with Gasteiger partial charge in [0.25, 0.3) is 0 Å². The molecule has 116 valence electrons. The van der Waals surface area contributed by atoms with Crippen molar-refractivity contribution in [3.63, 3.8) is 0 Å². The van der Waals surface area contributed by atoms with Crippen LogP contribution in [0.25, 0.3) is 0 Å². The van der Waals surface area contributed by atoms with Gasteiger partial charge in [0, 0.05) is 26.3 Å². The summed E-state index contributed by atoms with van der Waals surface area (Å²) in [6.07, 6.45) is 0. The summed E-state index contributed by atoms with van der Waals surface area (Å²) in [7, 11) is 0. The van der Waals surface area contributed by atoms with E-state index >= 15 is 0 Å². The minimum Gasteiger partial charge on any atom is -0.463 e. The molecule has 0 aliphatic carbocycles. The van der Waals surface area contributed by atoms with Crippen molar-refractivity contribution in [2.75, 3.05) is 39.5 Å². The highest BCUT2D eigenvalue weighted by atomic mass is 16.5. The van der Waals surface area contributed by atoms with Crippen LogP contribution in [0.2, 0.25) is 0 Å². The number of hydrogen-bond donors (Lipinski definition) is 1. The SMILES string of the molecule is CCOCCN(CCOCC)Cc1cc(C)c(CN)o1. The normalized spacial score (nSPS) is 11.4. The van der Waals surface area contributed by atoms with Gasteiger partial charge in [-0.2, -0.15) is 0 Å². The molecule has 0 atom stereocenters. The number of hydrogen-bond acceptors (Lipinski definition) is 5. The fourth-order valence-corrected chi connectivity index (χ4v) is 2.04. The second-order valence-corrected chi connectivity index (χ2v) is 4.69. The number of rotatable bonds is 11. The fraction of sp³-hybridized carbons (Fsp3) is 0.733. The van der Waals surface area contributed by atoms with E-state index in [2.05, 4.69) is 11.0 Å². The van der Waals surface area contributed by atoms with Gasteiger partial charge in [-0.3, -0.25) is 4.90 Å². The Bertz CT molecular complexity index is 356. The van der Waals surface area contributed by atoms with Gasteiger partial charge in [0.1, 0.15) is 11.5 Å². The smallest absolute Gasteiger partial charge is 0.120 e. The molecule has 0 amide bonds. The summed E-state index contributed by atoms with van der Waals surface area (Å²) in [6, 6.07) is 2.07. The lowest BCUT2D eigenvalue weighted by molar-refractivity contribution is 0.0767. The van der Waals surface area contributed by atoms with E-state index in [4.69, 9.17) is 19.6 Å². The summed E-state index contributed by atoms with van der Waals surface area (Å²) in [4.78, 5) is 2.28. The summed E-state index contributed by atoms with van der Waals surface area (Å²) >= 11 is 0. The number of furan rings is 1. The Morgan fingerprint density at radius 3 is 2.20 bits per heavy atom. The highest BCUT2D eigenvalue weighted by Gasteiger charge is 2.11. The fourth-order valence-electron chi connectivity index (χ4n) is 2.04. The van der Waals surface area contributed by atoms with Gasteiger partial charge in [-0.15, -0.1) is 0 Å². The monoisotopic (exact) mass is 284 g/mol. The predicted molar refractivity (Wildman–Crippen MR) is 79.6 cm³/mol. The van der Waals surface area contributed by atoms with Crippen LogP contribution in [0.3, 0.4) is 0 Å². The van der Waals surface area contributed by atoms with E-state index in [0.29, 0.717) is 6.54 Å². The Morgan fingerprint density at radius 1 is 1.15 bits per heavy atom. The van der Waals surface area contributed by atoms with Crippen LogP contribution in [-0.2, 0) is 22.6 Å². The summed E-state index contributed by atoms with van der Waals surface area (Å²) in [5.74, 6) is 1.82. The van der Waals surface area contributed by atoms with Gasteiger partial charge < -0.3 is 19.6 Å². The summed E-state index contributed by atoms with van der Waals surface area (Å²) in [6.45, 7) is 12.0. The van der Waals surface area contributed by atoms with Crippen LogP contribution in [0.5, 0.6) is 0 Å². The van der Waals surface area contributed by atoms with Crippen LogP contribution in [0.1, 0.15) is 30.9 Å². The lowest BCUT2D eigenvalue weighted by atomic mass is 10.2. The molecule has 0 aromatic carbocycles. The molecule has 5 heteroatoms. The van der Waals surface area contributed by atoms with Gasteiger partial charge in [-0.1, -0.05) is 0 Å². The van der Waals surface area contributed by atoms with Gasteiger partial charge in [-0.25, -0.2) is 0 Å². The zero-order valence-corrected chi connectivity index (χ0v) is 13.0. The van der Waals surface area contributed by atoms with Crippen LogP contribution in [-0.4, -0.2) is 44.4 Å². The average Bonchev–Trinajstić information content (AvgIpc) is 2.79. The number of nitrogens with zero attached hydrogens (tertiary/aromatic N) is 1. The third-order valence-corrected chi connectivity index (χ3v) is 3.15. The van der Waals surface area contributed by atoms with Crippen molar-refractivity contribution >= 4 is 0 Å². The van der Waals surface area contributed by atoms with Crippen molar-refractivity contribution in [1.29, 1.82) is 0 Å². The first-order valence-electron chi connectivity index (χ1n) is 7.37. The van der Waals surface area contributed by atoms with E-state index < -0.39 is 0 Å². The molecule has 1 rings (SSSR count). The van der Waals surface area contributed by atoms with E-state index in [0.717, 1.165) is 63.1 Å². The number of ether oxygens (including phenoxy) is 2. The summed E-state index contributed by atoms with van der Waals surface area (Å²) < 4.78 is 16.6. The minimum absolute atomic E-state index is 0.448. The highest BCUT2D eigenvalue weighted by molar-refractivity contribution is 5.19. The predicted octanol–water partition coefficient (Wildman–Crippen LogP) is 1.92. The quantitative estimate of drug-likeness (QED) is 0.629. The third-order valence-electron chi connectivity index (χ3n) is 3.15. The largest absolute Gasteiger partial charge is 0.463 e. The molecule has 0 aliphatic heterocycles. The molecule has 1 aromatic rings. The summed E-state index contributed by atoms with van der Waals surface area (Å²) in [5, 5.41) is 0. The third kappa shape index (κ3) is 6.05. The van der Waals surface area contributed by atoms with E-state index in [-0.39, 0.29) is 0 Å². The van der Waals surface area contributed by atoms with E-state index in [1.54, 1.807) is 0 Å². The molecule has 1 aromatic heterocycles. The van der Waals surface area contributed by atoms with Crippen LogP contribution >= 0.6 is 0 Å². The molecular weight excluding hydrogens is 256 g/mol. The number of nitrogens with two attached hydrogens (primary N) is 1. The zero-order chi connectivity index (χ0) is 14.8. The lowest BCUT2D eigenvalue weighted by Gasteiger charge is -2.20. The molecule has 0 aliphatic rings. The van der Waals surface area contributed by atoms with Gasteiger partial charge >= 0.3 is 0 Å². The molecule has 0 saturated heterocycles. The molecule has 5 nitrogen and oxygen atoms in total. The summed E-state index contributed by atoms with van der Waals surface area (Å²) in [5.41, 5.74) is 6.77. The van der Waals surface area contributed by atoms with Crippen LogP contribution in [0.4, 0.5) is 0 Å². The van der Waals surface area contributed by atoms with Crippen molar-refractivity contribution in [1.82, 2.24) is 4.90 Å². The van der Waals surface area contributed by atoms with Crippen molar-refractivity contribution in [2.45, 2.75) is 33.9 Å². The average molecular weight is 284 g/mol. The first-order valence-corrected chi connectivity index (χ1v) is 7.37. The molecule has 0 bridgehead atoms. The number of aryl methyl sites for hydroxylation is 1. The van der Waals surface area contributed by atoms with E-state index in [9.17, 15) is 0 Å². The van der Waals surface area contributed by atoms with Crippen molar-refractivity contribution < 1.29 is 13.9 Å². The molecule has 1 heterocycles. The molecule has 2 N–H and O–H groups in total. The van der Waals surface area contributed by atoms with Crippen molar-refractivity contribution in [3.05, 3.63) is 23.2 Å².